The van der Waals surface area contributed by atoms with Gasteiger partial charge in [-0.15, -0.1) is 0 Å². The number of hydrogen-bond acceptors (Lipinski definition) is 5. The first-order chi connectivity index (χ1) is 12.1. The molecule has 0 aliphatic carbocycles. The van der Waals surface area contributed by atoms with Crippen molar-refractivity contribution in [2.75, 3.05) is 12.4 Å². The van der Waals surface area contributed by atoms with Gasteiger partial charge in [-0.3, -0.25) is 9.97 Å². The van der Waals surface area contributed by atoms with Gasteiger partial charge in [-0.1, -0.05) is 6.07 Å². The number of anilines is 1. The molecule has 0 aliphatic heterocycles. The number of pyridine rings is 2. The van der Waals surface area contributed by atoms with Crippen LogP contribution >= 0.6 is 15.9 Å². The highest BCUT2D eigenvalue weighted by Crippen LogP contribution is 2.30. The van der Waals surface area contributed by atoms with E-state index in [9.17, 15) is 8.78 Å². The van der Waals surface area contributed by atoms with Crippen molar-refractivity contribution in [2.45, 2.75) is 13.2 Å². The Morgan fingerprint density at radius 1 is 1.16 bits per heavy atom. The summed E-state index contributed by atoms with van der Waals surface area (Å²) >= 11 is 3.36. The van der Waals surface area contributed by atoms with Gasteiger partial charge >= 0.3 is 6.61 Å². The van der Waals surface area contributed by atoms with Crippen LogP contribution in [-0.4, -0.2) is 23.7 Å². The first kappa shape index (κ1) is 17.3. The standard InChI is InChI=1S/C17H14BrF2N3O2/c1-24-14-3-2-10(6-15(14)25-17(19)20)8-22-12-4-5-21-13-7-11(18)9-23-16(12)13/h2-7,9,17H,8H2,1H3,(H,21,22). The number of aromatic nitrogens is 2. The number of halogens is 3. The van der Waals surface area contributed by atoms with Gasteiger partial charge in [-0.25, -0.2) is 0 Å². The minimum absolute atomic E-state index is 0.00144. The highest BCUT2D eigenvalue weighted by molar-refractivity contribution is 9.10. The highest BCUT2D eigenvalue weighted by Gasteiger charge is 2.11. The average molecular weight is 410 g/mol. The van der Waals surface area contributed by atoms with Crippen LogP contribution in [0.5, 0.6) is 11.5 Å². The molecule has 0 amide bonds. The average Bonchev–Trinajstić information content (AvgIpc) is 2.59. The molecule has 0 radical (unpaired) electrons. The van der Waals surface area contributed by atoms with Crippen molar-refractivity contribution in [2.24, 2.45) is 0 Å². The van der Waals surface area contributed by atoms with E-state index in [1.54, 1.807) is 24.5 Å². The zero-order valence-electron chi connectivity index (χ0n) is 13.2. The number of fused-ring (bicyclic) bond motifs is 1. The number of nitrogens with one attached hydrogen (secondary N) is 1. The van der Waals surface area contributed by atoms with Crippen molar-refractivity contribution in [1.82, 2.24) is 9.97 Å². The third-order valence-electron chi connectivity index (χ3n) is 3.47. The Kier molecular flexibility index (Phi) is 5.28. The summed E-state index contributed by atoms with van der Waals surface area (Å²) in [5.41, 5.74) is 3.03. The fraction of sp³-hybridized carbons (Fsp3) is 0.176. The fourth-order valence-corrected chi connectivity index (χ4v) is 2.68. The lowest BCUT2D eigenvalue weighted by atomic mass is 10.2. The van der Waals surface area contributed by atoms with E-state index in [-0.39, 0.29) is 11.5 Å². The van der Waals surface area contributed by atoms with Crippen LogP contribution in [0.4, 0.5) is 14.5 Å². The van der Waals surface area contributed by atoms with Crippen molar-refractivity contribution in [3.8, 4) is 11.5 Å². The van der Waals surface area contributed by atoms with E-state index in [2.05, 4.69) is 36.0 Å². The molecule has 0 saturated heterocycles. The first-order valence-electron chi connectivity index (χ1n) is 7.32. The van der Waals surface area contributed by atoms with Crippen LogP contribution in [0.1, 0.15) is 5.56 Å². The number of ether oxygens (including phenoxy) is 2. The molecule has 0 spiro atoms. The molecule has 8 heteroatoms. The minimum Gasteiger partial charge on any atom is -0.493 e. The van der Waals surface area contributed by atoms with E-state index >= 15 is 0 Å². The molecule has 1 N–H and O–H groups in total. The fourth-order valence-electron chi connectivity index (χ4n) is 2.36. The molecule has 0 atom stereocenters. The summed E-state index contributed by atoms with van der Waals surface area (Å²) in [6.07, 6.45) is 3.37. The van der Waals surface area contributed by atoms with Crippen molar-refractivity contribution >= 4 is 32.7 Å². The van der Waals surface area contributed by atoms with E-state index in [4.69, 9.17) is 4.74 Å². The van der Waals surface area contributed by atoms with Crippen LogP contribution in [0, 0.1) is 0 Å². The molecule has 2 heterocycles. The van der Waals surface area contributed by atoms with Crippen LogP contribution in [0.3, 0.4) is 0 Å². The highest BCUT2D eigenvalue weighted by atomic mass is 79.9. The Morgan fingerprint density at radius 2 is 2.00 bits per heavy atom. The van der Waals surface area contributed by atoms with E-state index in [1.807, 2.05) is 12.1 Å². The van der Waals surface area contributed by atoms with Crippen molar-refractivity contribution in [1.29, 1.82) is 0 Å². The molecular weight excluding hydrogens is 396 g/mol. The Morgan fingerprint density at radius 3 is 2.76 bits per heavy atom. The first-order valence-corrected chi connectivity index (χ1v) is 8.12. The molecular formula is C17H14BrF2N3O2. The number of methoxy groups -OCH3 is 1. The molecule has 1 aromatic carbocycles. The van der Waals surface area contributed by atoms with Gasteiger partial charge in [0.1, 0.15) is 5.52 Å². The smallest absolute Gasteiger partial charge is 0.387 e. The van der Waals surface area contributed by atoms with Crippen LogP contribution in [0.2, 0.25) is 0 Å². The lowest BCUT2D eigenvalue weighted by Crippen LogP contribution is -2.06. The lowest BCUT2D eigenvalue weighted by molar-refractivity contribution is -0.0512. The van der Waals surface area contributed by atoms with Crippen molar-refractivity contribution in [3.05, 3.63) is 52.8 Å². The summed E-state index contributed by atoms with van der Waals surface area (Å²) in [6.45, 7) is -2.51. The van der Waals surface area contributed by atoms with Gasteiger partial charge in [-0.05, 0) is 45.8 Å². The van der Waals surface area contributed by atoms with Gasteiger partial charge in [-0.2, -0.15) is 8.78 Å². The van der Waals surface area contributed by atoms with Crippen LogP contribution in [0.15, 0.2) is 47.2 Å². The summed E-state index contributed by atoms with van der Waals surface area (Å²) in [5, 5.41) is 3.24. The molecule has 0 unspecified atom stereocenters. The quantitative estimate of drug-likeness (QED) is 0.643. The largest absolute Gasteiger partial charge is 0.493 e. The van der Waals surface area contributed by atoms with Gasteiger partial charge in [0.25, 0.3) is 0 Å². The topological polar surface area (TPSA) is 56.3 Å². The van der Waals surface area contributed by atoms with Crippen LogP contribution < -0.4 is 14.8 Å². The number of hydrogen-bond donors (Lipinski definition) is 1. The third kappa shape index (κ3) is 4.14. The second-order valence-corrected chi connectivity index (χ2v) is 6.01. The molecule has 25 heavy (non-hydrogen) atoms. The summed E-state index contributed by atoms with van der Waals surface area (Å²) in [5.74, 6) is 0.253. The normalized spacial score (nSPS) is 10.9. The van der Waals surface area contributed by atoms with Crippen LogP contribution in [-0.2, 0) is 6.54 Å². The van der Waals surface area contributed by atoms with Crippen molar-refractivity contribution < 1.29 is 18.3 Å². The second kappa shape index (κ2) is 7.60. The summed E-state index contributed by atoms with van der Waals surface area (Å²) in [6, 6.07) is 8.57. The zero-order valence-corrected chi connectivity index (χ0v) is 14.8. The third-order valence-corrected chi connectivity index (χ3v) is 3.90. The lowest BCUT2D eigenvalue weighted by Gasteiger charge is -2.13. The Balaban J connectivity index is 1.82. The number of nitrogens with zero attached hydrogens (tertiary/aromatic N) is 2. The van der Waals surface area contributed by atoms with Gasteiger partial charge < -0.3 is 14.8 Å². The molecule has 130 valence electrons. The molecule has 0 saturated carbocycles. The number of benzene rings is 1. The second-order valence-electron chi connectivity index (χ2n) is 5.10. The SMILES string of the molecule is COc1ccc(CNc2ccnc3cc(Br)cnc23)cc1OC(F)F. The van der Waals surface area contributed by atoms with Gasteiger partial charge in [0.2, 0.25) is 0 Å². The number of alkyl halides is 2. The Bertz CT molecular complexity index is 893. The predicted molar refractivity (Wildman–Crippen MR) is 94.2 cm³/mol. The number of rotatable bonds is 6. The Labute approximate surface area is 151 Å². The van der Waals surface area contributed by atoms with E-state index in [0.717, 1.165) is 26.8 Å². The van der Waals surface area contributed by atoms with Gasteiger partial charge in [0, 0.05) is 23.4 Å². The van der Waals surface area contributed by atoms with E-state index in [0.29, 0.717) is 6.54 Å². The maximum absolute atomic E-state index is 12.5. The summed E-state index contributed by atoms with van der Waals surface area (Å²) in [4.78, 5) is 8.64. The molecule has 0 fully saturated rings. The monoisotopic (exact) mass is 409 g/mol. The molecule has 3 aromatic rings. The van der Waals surface area contributed by atoms with Gasteiger partial charge in [0.15, 0.2) is 11.5 Å². The molecule has 5 nitrogen and oxygen atoms in total. The molecule has 0 bridgehead atoms. The minimum atomic E-state index is -2.91. The summed E-state index contributed by atoms with van der Waals surface area (Å²) < 4.78 is 35.4. The molecule has 0 aliphatic rings. The van der Waals surface area contributed by atoms with Gasteiger partial charge in [0.05, 0.1) is 18.3 Å². The maximum atomic E-state index is 12.5. The zero-order chi connectivity index (χ0) is 17.8. The van der Waals surface area contributed by atoms with Crippen molar-refractivity contribution in [3.63, 3.8) is 0 Å². The summed E-state index contributed by atoms with van der Waals surface area (Å²) in [7, 11) is 1.40. The molecule has 3 rings (SSSR count). The van der Waals surface area contributed by atoms with Crippen LogP contribution in [0.25, 0.3) is 11.0 Å². The van der Waals surface area contributed by atoms with E-state index < -0.39 is 6.61 Å². The maximum Gasteiger partial charge on any atom is 0.387 e. The predicted octanol–water partition coefficient (Wildman–Crippen LogP) is 4.61. The Hall–Kier alpha value is -2.48. The van der Waals surface area contributed by atoms with E-state index in [1.165, 1.54) is 13.2 Å². The molecule has 2 aromatic heterocycles.